The quantitative estimate of drug-likeness (QED) is 0.798. The highest BCUT2D eigenvalue weighted by atomic mass is 16.5. The Morgan fingerprint density at radius 3 is 2.72 bits per heavy atom. The van der Waals surface area contributed by atoms with Crippen LogP contribution in [0.2, 0.25) is 0 Å². The molecule has 1 saturated heterocycles. The molecule has 4 nitrogen and oxygen atoms in total. The summed E-state index contributed by atoms with van der Waals surface area (Å²) < 4.78 is 9.97. The largest absolute Gasteiger partial charge is 0.468 e. The predicted octanol–water partition coefficient (Wildman–Crippen LogP) is 1.27. The third kappa shape index (κ3) is 2.54. The Kier molecular flexibility index (Phi) is 3.99. The van der Waals surface area contributed by atoms with E-state index in [0.717, 1.165) is 6.54 Å². The number of carbonyl (C=O) groups excluding carboxylic acids is 1. The van der Waals surface area contributed by atoms with Gasteiger partial charge in [0.1, 0.15) is 5.41 Å². The van der Waals surface area contributed by atoms with Gasteiger partial charge in [-0.2, -0.15) is 0 Å². The van der Waals surface area contributed by atoms with E-state index in [1.807, 2.05) is 12.1 Å². The van der Waals surface area contributed by atoms with Crippen molar-refractivity contribution in [3.05, 3.63) is 35.4 Å². The van der Waals surface area contributed by atoms with E-state index in [1.165, 1.54) is 18.2 Å². The third-order valence-electron chi connectivity index (χ3n) is 3.42. The minimum Gasteiger partial charge on any atom is -0.468 e. The molecule has 1 N–H and O–H groups in total. The molecule has 1 fully saturated rings. The molecule has 0 aromatic heterocycles. The van der Waals surface area contributed by atoms with Gasteiger partial charge in [0.25, 0.3) is 0 Å². The molecule has 98 valence electrons. The number of methoxy groups -OCH3 is 1. The van der Waals surface area contributed by atoms with Crippen LogP contribution in [0.5, 0.6) is 0 Å². The van der Waals surface area contributed by atoms with E-state index < -0.39 is 5.41 Å². The third-order valence-corrected chi connectivity index (χ3v) is 3.42. The number of aryl methyl sites for hydroxylation is 1. The minimum atomic E-state index is -0.489. The SMILES string of the molecule is COC(=O)C1(CNCc2ccccc2C)COC1. The minimum absolute atomic E-state index is 0.189. The summed E-state index contributed by atoms with van der Waals surface area (Å²) in [4.78, 5) is 11.7. The number of esters is 1. The van der Waals surface area contributed by atoms with Gasteiger partial charge < -0.3 is 14.8 Å². The van der Waals surface area contributed by atoms with E-state index >= 15 is 0 Å². The molecule has 0 spiro atoms. The first kappa shape index (κ1) is 13.1. The van der Waals surface area contributed by atoms with Crippen LogP contribution in [0, 0.1) is 12.3 Å². The molecule has 1 aliphatic rings. The van der Waals surface area contributed by atoms with Crippen molar-refractivity contribution >= 4 is 5.97 Å². The van der Waals surface area contributed by atoms with Gasteiger partial charge in [-0.15, -0.1) is 0 Å². The lowest BCUT2D eigenvalue weighted by molar-refractivity contribution is -0.182. The summed E-state index contributed by atoms with van der Waals surface area (Å²) >= 11 is 0. The molecule has 4 heteroatoms. The standard InChI is InChI=1S/C14H19NO3/c1-11-5-3-4-6-12(11)7-15-8-14(9-18-10-14)13(16)17-2/h3-6,15H,7-10H2,1-2H3. The molecule has 0 saturated carbocycles. The van der Waals surface area contributed by atoms with Crippen molar-refractivity contribution in [1.82, 2.24) is 5.32 Å². The zero-order chi connectivity index (χ0) is 13.0. The van der Waals surface area contributed by atoms with Crippen molar-refractivity contribution in [3.8, 4) is 0 Å². The van der Waals surface area contributed by atoms with Crippen molar-refractivity contribution in [1.29, 1.82) is 0 Å². The first-order chi connectivity index (χ1) is 8.68. The number of hydrogen-bond acceptors (Lipinski definition) is 4. The van der Waals surface area contributed by atoms with E-state index in [4.69, 9.17) is 9.47 Å². The average molecular weight is 249 g/mol. The molecule has 0 bridgehead atoms. The molecule has 0 amide bonds. The van der Waals surface area contributed by atoms with Gasteiger partial charge in [0, 0.05) is 13.1 Å². The van der Waals surface area contributed by atoms with Crippen LogP contribution < -0.4 is 5.32 Å². The van der Waals surface area contributed by atoms with Gasteiger partial charge in [0.05, 0.1) is 20.3 Å². The Balaban J connectivity index is 1.88. The molecule has 1 heterocycles. The summed E-state index contributed by atoms with van der Waals surface area (Å²) in [6, 6.07) is 8.21. The van der Waals surface area contributed by atoms with Gasteiger partial charge in [-0.1, -0.05) is 24.3 Å². The Morgan fingerprint density at radius 2 is 2.17 bits per heavy atom. The molecule has 0 atom stereocenters. The maximum atomic E-state index is 11.7. The van der Waals surface area contributed by atoms with Crippen LogP contribution in [0.4, 0.5) is 0 Å². The van der Waals surface area contributed by atoms with Crippen molar-refractivity contribution in [2.75, 3.05) is 26.9 Å². The van der Waals surface area contributed by atoms with Crippen LogP contribution in [0.25, 0.3) is 0 Å². The van der Waals surface area contributed by atoms with Gasteiger partial charge >= 0.3 is 5.97 Å². The molecular weight excluding hydrogens is 230 g/mol. The number of benzene rings is 1. The molecule has 2 rings (SSSR count). The van der Waals surface area contributed by atoms with Crippen LogP contribution in [0.1, 0.15) is 11.1 Å². The Bertz CT molecular complexity index is 427. The fourth-order valence-corrected chi connectivity index (χ4v) is 2.10. The topological polar surface area (TPSA) is 47.6 Å². The second kappa shape index (κ2) is 5.50. The first-order valence-electron chi connectivity index (χ1n) is 6.09. The number of hydrogen-bond donors (Lipinski definition) is 1. The first-order valence-corrected chi connectivity index (χ1v) is 6.09. The summed E-state index contributed by atoms with van der Waals surface area (Å²) in [6.07, 6.45) is 0. The summed E-state index contributed by atoms with van der Waals surface area (Å²) in [5, 5.41) is 3.32. The van der Waals surface area contributed by atoms with Gasteiger partial charge in [-0.25, -0.2) is 0 Å². The van der Waals surface area contributed by atoms with Crippen molar-refractivity contribution < 1.29 is 14.3 Å². The molecule has 0 radical (unpaired) electrons. The van der Waals surface area contributed by atoms with Crippen LogP contribution in [-0.2, 0) is 20.8 Å². The van der Waals surface area contributed by atoms with Crippen molar-refractivity contribution in [2.45, 2.75) is 13.5 Å². The molecule has 0 aliphatic carbocycles. The average Bonchev–Trinajstić information content (AvgIpc) is 2.34. The van der Waals surface area contributed by atoms with Crippen LogP contribution in [-0.4, -0.2) is 32.8 Å². The zero-order valence-electron chi connectivity index (χ0n) is 10.9. The smallest absolute Gasteiger partial charge is 0.317 e. The van der Waals surface area contributed by atoms with Crippen molar-refractivity contribution in [2.24, 2.45) is 5.41 Å². The van der Waals surface area contributed by atoms with E-state index in [0.29, 0.717) is 19.8 Å². The highest BCUT2D eigenvalue weighted by molar-refractivity contribution is 5.78. The molecular formula is C14H19NO3. The summed E-state index contributed by atoms with van der Waals surface area (Å²) in [6.45, 7) is 4.32. The van der Waals surface area contributed by atoms with E-state index in [-0.39, 0.29) is 5.97 Å². The summed E-state index contributed by atoms with van der Waals surface area (Å²) in [5.41, 5.74) is 2.01. The second-order valence-corrected chi connectivity index (χ2v) is 4.79. The van der Waals surface area contributed by atoms with Gasteiger partial charge in [0.15, 0.2) is 0 Å². The monoisotopic (exact) mass is 249 g/mol. The van der Waals surface area contributed by atoms with Gasteiger partial charge in [-0.3, -0.25) is 4.79 Å². The van der Waals surface area contributed by atoms with Crippen LogP contribution in [0.15, 0.2) is 24.3 Å². The van der Waals surface area contributed by atoms with Crippen molar-refractivity contribution in [3.63, 3.8) is 0 Å². The molecule has 1 aromatic rings. The van der Waals surface area contributed by atoms with E-state index in [9.17, 15) is 4.79 Å². The fraction of sp³-hybridized carbons (Fsp3) is 0.500. The van der Waals surface area contributed by atoms with Crippen LogP contribution >= 0.6 is 0 Å². The molecule has 0 unspecified atom stereocenters. The molecule has 1 aromatic carbocycles. The number of ether oxygens (including phenoxy) is 2. The normalized spacial score (nSPS) is 17.0. The zero-order valence-corrected chi connectivity index (χ0v) is 10.9. The Labute approximate surface area is 107 Å². The maximum absolute atomic E-state index is 11.7. The number of rotatable bonds is 5. The Morgan fingerprint density at radius 1 is 1.44 bits per heavy atom. The Hall–Kier alpha value is -1.39. The number of nitrogens with one attached hydrogen (secondary N) is 1. The van der Waals surface area contributed by atoms with E-state index in [1.54, 1.807) is 0 Å². The van der Waals surface area contributed by atoms with Crippen LogP contribution in [0.3, 0.4) is 0 Å². The van der Waals surface area contributed by atoms with Gasteiger partial charge in [0.2, 0.25) is 0 Å². The molecule has 18 heavy (non-hydrogen) atoms. The lowest BCUT2D eigenvalue weighted by Gasteiger charge is -2.38. The molecule has 1 aliphatic heterocycles. The highest BCUT2D eigenvalue weighted by Gasteiger charge is 2.46. The summed E-state index contributed by atoms with van der Waals surface area (Å²) in [7, 11) is 1.42. The number of carbonyl (C=O) groups is 1. The lowest BCUT2D eigenvalue weighted by Crippen LogP contribution is -2.55. The second-order valence-electron chi connectivity index (χ2n) is 4.79. The lowest BCUT2D eigenvalue weighted by atomic mass is 9.86. The predicted molar refractivity (Wildman–Crippen MR) is 68.2 cm³/mol. The van der Waals surface area contributed by atoms with E-state index in [2.05, 4.69) is 24.4 Å². The highest BCUT2D eigenvalue weighted by Crippen LogP contribution is 2.28. The van der Waals surface area contributed by atoms with Gasteiger partial charge in [-0.05, 0) is 18.1 Å². The summed E-state index contributed by atoms with van der Waals surface area (Å²) in [5.74, 6) is -0.189. The maximum Gasteiger partial charge on any atom is 0.317 e. The fourth-order valence-electron chi connectivity index (χ4n) is 2.10.